The van der Waals surface area contributed by atoms with Crippen molar-refractivity contribution in [2.24, 2.45) is 0 Å². The molecule has 7 nitrogen and oxygen atoms in total. The lowest BCUT2D eigenvalue weighted by molar-refractivity contribution is -0.181. The van der Waals surface area contributed by atoms with Crippen molar-refractivity contribution >= 4 is 11.9 Å². The number of anilines is 1. The third-order valence-electron chi connectivity index (χ3n) is 5.44. The predicted molar refractivity (Wildman–Crippen MR) is 92.3 cm³/mol. The molecule has 1 N–H and O–H groups in total. The van der Waals surface area contributed by atoms with Crippen LogP contribution >= 0.6 is 0 Å². The van der Waals surface area contributed by atoms with Gasteiger partial charge in [0.2, 0.25) is 5.95 Å². The Morgan fingerprint density at radius 1 is 1.16 bits per heavy atom. The second-order valence-corrected chi connectivity index (χ2v) is 7.14. The van der Waals surface area contributed by atoms with Gasteiger partial charge in [0.25, 0.3) is 5.91 Å². The van der Waals surface area contributed by atoms with E-state index in [4.69, 9.17) is 9.47 Å². The number of hydrogen-bond acceptors (Lipinski definition) is 6. The fourth-order valence-corrected chi connectivity index (χ4v) is 3.98. The topological polar surface area (TPSA) is 76.6 Å². The Morgan fingerprint density at radius 3 is 2.60 bits per heavy atom. The minimum atomic E-state index is -0.462. The maximum absolute atomic E-state index is 12.8. The molecule has 7 heteroatoms. The van der Waals surface area contributed by atoms with Gasteiger partial charge < -0.3 is 19.7 Å². The quantitative estimate of drug-likeness (QED) is 0.904. The number of aromatic nitrogens is 2. The van der Waals surface area contributed by atoms with Gasteiger partial charge in [-0.05, 0) is 18.9 Å². The molecule has 0 bridgehead atoms. The number of carbonyl (C=O) groups is 1. The Labute approximate surface area is 148 Å². The molecule has 2 aliphatic heterocycles. The highest BCUT2D eigenvalue weighted by molar-refractivity contribution is 5.92. The largest absolute Gasteiger partial charge is 0.351 e. The molecule has 1 aromatic heterocycles. The van der Waals surface area contributed by atoms with Gasteiger partial charge in [-0.25, -0.2) is 9.97 Å². The highest BCUT2D eigenvalue weighted by Crippen LogP contribution is 2.31. The molecule has 0 radical (unpaired) electrons. The van der Waals surface area contributed by atoms with E-state index in [2.05, 4.69) is 15.3 Å². The van der Waals surface area contributed by atoms with Gasteiger partial charge >= 0.3 is 0 Å². The molecule has 3 fully saturated rings. The zero-order chi connectivity index (χ0) is 17.1. The number of rotatable bonds is 3. The molecule has 3 heterocycles. The predicted octanol–water partition coefficient (Wildman–Crippen LogP) is 2.20. The van der Waals surface area contributed by atoms with Crippen molar-refractivity contribution in [3.8, 4) is 0 Å². The Kier molecular flexibility index (Phi) is 4.85. The Balaban J connectivity index is 1.37. The molecule has 2 saturated heterocycles. The molecule has 1 aromatic rings. The molecule has 1 amide bonds. The molecular weight excluding hydrogens is 320 g/mol. The monoisotopic (exact) mass is 346 g/mol. The SMILES string of the molecule is O=C(c1ccnc(NC2CCCCC2)n1)N1CCC2(CC1)OCCO2. The number of ether oxygens (including phenoxy) is 2. The van der Waals surface area contributed by atoms with Crippen LogP contribution in [0.5, 0.6) is 0 Å². The maximum Gasteiger partial charge on any atom is 0.272 e. The van der Waals surface area contributed by atoms with Crippen LogP contribution < -0.4 is 5.32 Å². The van der Waals surface area contributed by atoms with E-state index in [9.17, 15) is 4.79 Å². The average Bonchev–Trinajstić information content (AvgIpc) is 3.11. The van der Waals surface area contributed by atoms with E-state index in [1.165, 1.54) is 19.3 Å². The van der Waals surface area contributed by atoms with Gasteiger partial charge in [0, 0.05) is 38.2 Å². The van der Waals surface area contributed by atoms with Gasteiger partial charge in [-0.2, -0.15) is 0 Å². The number of nitrogens with one attached hydrogen (secondary N) is 1. The standard InChI is InChI=1S/C18H26N4O3/c23-16(22-10-7-18(8-11-22)24-12-13-25-18)15-6-9-19-17(21-15)20-14-4-2-1-3-5-14/h6,9,14H,1-5,7-8,10-13H2,(H,19,20,21). The molecule has 3 aliphatic rings. The molecule has 0 atom stereocenters. The number of carbonyl (C=O) groups excluding carboxylic acids is 1. The van der Waals surface area contributed by atoms with Crippen molar-refractivity contribution < 1.29 is 14.3 Å². The van der Waals surface area contributed by atoms with E-state index in [-0.39, 0.29) is 5.91 Å². The van der Waals surface area contributed by atoms with Crippen LogP contribution in [0.1, 0.15) is 55.4 Å². The molecule has 25 heavy (non-hydrogen) atoms. The van der Waals surface area contributed by atoms with Gasteiger partial charge in [-0.1, -0.05) is 19.3 Å². The van der Waals surface area contributed by atoms with Crippen molar-refractivity contribution in [1.29, 1.82) is 0 Å². The third kappa shape index (κ3) is 3.77. The minimum Gasteiger partial charge on any atom is -0.351 e. The van der Waals surface area contributed by atoms with E-state index in [0.717, 1.165) is 25.7 Å². The highest BCUT2D eigenvalue weighted by Gasteiger charge is 2.41. The number of piperidine rings is 1. The van der Waals surface area contributed by atoms with Crippen LogP contribution in [0.15, 0.2) is 12.3 Å². The zero-order valence-electron chi connectivity index (χ0n) is 14.6. The van der Waals surface area contributed by atoms with Crippen LogP contribution in [0.25, 0.3) is 0 Å². The summed E-state index contributed by atoms with van der Waals surface area (Å²) in [5.74, 6) is 0.0616. The molecule has 0 unspecified atom stereocenters. The van der Waals surface area contributed by atoms with Crippen LogP contribution in [-0.4, -0.2) is 58.9 Å². The third-order valence-corrected chi connectivity index (χ3v) is 5.44. The lowest BCUT2D eigenvalue weighted by Gasteiger charge is -2.37. The maximum atomic E-state index is 12.8. The molecule has 4 rings (SSSR count). The molecule has 0 aromatic carbocycles. The molecular formula is C18H26N4O3. The van der Waals surface area contributed by atoms with Crippen LogP contribution in [0.3, 0.4) is 0 Å². The smallest absolute Gasteiger partial charge is 0.272 e. The number of likely N-dealkylation sites (tertiary alicyclic amines) is 1. The van der Waals surface area contributed by atoms with Gasteiger partial charge in [-0.15, -0.1) is 0 Å². The number of hydrogen-bond donors (Lipinski definition) is 1. The summed E-state index contributed by atoms with van der Waals surface area (Å²) in [6.07, 6.45) is 9.20. The lowest BCUT2D eigenvalue weighted by Crippen LogP contribution is -2.47. The van der Waals surface area contributed by atoms with Crippen molar-refractivity contribution in [3.05, 3.63) is 18.0 Å². The number of nitrogens with zero attached hydrogens (tertiary/aromatic N) is 3. The van der Waals surface area contributed by atoms with Crippen molar-refractivity contribution in [2.75, 3.05) is 31.6 Å². The highest BCUT2D eigenvalue weighted by atomic mass is 16.7. The summed E-state index contributed by atoms with van der Waals surface area (Å²) in [5, 5.41) is 3.39. The average molecular weight is 346 g/mol. The second kappa shape index (κ2) is 7.25. The summed E-state index contributed by atoms with van der Waals surface area (Å²) in [6.45, 7) is 2.56. The summed E-state index contributed by atoms with van der Waals surface area (Å²) >= 11 is 0. The van der Waals surface area contributed by atoms with Crippen LogP contribution in [0.2, 0.25) is 0 Å². The van der Waals surface area contributed by atoms with Gasteiger partial charge in [0.05, 0.1) is 13.2 Å². The normalized spacial score (nSPS) is 23.8. The minimum absolute atomic E-state index is 0.0399. The first-order valence-corrected chi connectivity index (χ1v) is 9.41. The Hall–Kier alpha value is -1.73. The Bertz CT molecular complexity index is 602. The first-order chi connectivity index (χ1) is 12.2. The summed E-state index contributed by atoms with van der Waals surface area (Å²) in [5.41, 5.74) is 0.456. The molecule has 1 spiro atoms. The summed E-state index contributed by atoms with van der Waals surface area (Å²) in [7, 11) is 0. The van der Waals surface area contributed by atoms with E-state index < -0.39 is 5.79 Å². The van der Waals surface area contributed by atoms with E-state index in [0.29, 0.717) is 44.0 Å². The Morgan fingerprint density at radius 2 is 1.88 bits per heavy atom. The molecule has 1 aliphatic carbocycles. The van der Waals surface area contributed by atoms with Crippen molar-refractivity contribution in [1.82, 2.24) is 14.9 Å². The van der Waals surface area contributed by atoms with E-state index in [1.54, 1.807) is 12.3 Å². The summed E-state index contributed by atoms with van der Waals surface area (Å²) in [6, 6.07) is 2.12. The van der Waals surface area contributed by atoms with Crippen LogP contribution in [-0.2, 0) is 9.47 Å². The molecule has 136 valence electrons. The summed E-state index contributed by atoms with van der Waals surface area (Å²) < 4.78 is 11.4. The van der Waals surface area contributed by atoms with E-state index >= 15 is 0 Å². The molecule has 1 saturated carbocycles. The fraction of sp³-hybridized carbons (Fsp3) is 0.722. The van der Waals surface area contributed by atoms with Gasteiger partial charge in [0.1, 0.15) is 5.69 Å². The van der Waals surface area contributed by atoms with Crippen molar-refractivity contribution in [2.45, 2.75) is 56.8 Å². The van der Waals surface area contributed by atoms with Gasteiger partial charge in [-0.3, -0.25) is 4.79 Å². The zero-order valence-corrected chi connectivity index (χ0v) is 14.6. The van der Waals surface area contributed by atoms with Crippen LogP contribution in [0, 0.1) is 0 Å². The second-order valence-electron chi connectivity index (χ2n) is 7.14. The summed E-state index contributed by atoms with van der Waals surface area (Å²) in [4.78, 5) is 23.4. The van der Waals surface area contributed by atoms with Gasteiger partial charge in [0.15, 0.2) is 5.79 Å². The van der Waals surface area contributed by atoms with E-state index in [1.807, 2.05) is 4.90 Å². The van der Waals surface area contributed by atoms with Crippen LogP contribution in [0.4, 0.5) is 5.95 Å². The first-order valence-electron chi connectivity index (χ1n) is 9.41. The number of amides is 1. The first kappa shape index (κ1) is 16.7. The lowest BCUT2D eigenvalue weighted by atomic mass is 9.96. The fourth-order valence-electron chi connectivity index (χ4n) is 3.98. The van der Waals surface area contributed by atoms with Crippen molar-refractivity contribution in [3.63, 3.8) is 0 Å².